The van der Waals surface area contributed by atoms with E-state index in [1.807, 2.05) is 6.20 Å². The van der Waals surface area contributed by atoms with Gasteiger partial charge in [0, 0.05) is 40.9 Å². The quantitative estimate of drug-likeness (QED) is 0.213. The van der Waals surface area contributed by atoms with Crippen LogP contribution >= 0.6 is 0 Å². The van der Waals surface area contributed by atoms with Gasteiger partial charge in [0.1, 0.15) is 23.9 Å². The molecule has 0 spiro atoms. The van der Waals surface area contributed by atoms with Crippen LogP contribution < -0.4 is 4.57 Å². The first kappa shape index (κ1) is 23.6. The smallest absolute Gasteiger partial charge is 0.294 e. The van der Waals surface area contributed by atoms with Crippen LogP contribution in [0.4, 0.5) is 0 Å². The zero-order valence-electron chi connectivity index (χ0n) is 23.1. The third kappa shape index (κ3) is 3.54. The number of rotatable bonds is 4. The van der Waals surface area contributed by atoms with Gasteiger partial charge in [-0.1, -0.05) is 103 Å². The predicted molar refractivity (Wildman–Crippen MR) is 165 cm³/mol. The second kappa shape index (κ2) is 9.17. The van der Waals surface area contributed by atoms with E-state index in [-0.39, 0.29) is 0 Å². The van der Waals surface area contributed by atoms with Crippen LogP contribution in [0, 0.1) is 6.92 Å². The molecule has 196 valence electrons. The van der Waals surface area contributed by atoms with Crippen LogP contribution in [0.25, 0.3) is 55.8 Å². The average molecular weight is 530 g/mol. The van der Waals surface area contributed by atoms with Gasteiger partial charge in [-0.15, -0.1) is 0 Å². The molecular weight excluding hydrogens is 500 g/mol. The molecule has 8 rings (SSSR count). The van der Waals surface area contributed by atoms with E-state index in [9.17, 15) is 0 Å². The Bertz CT molecular complexity index is 2020. The minimum absolute atomic E-state index is 0.806. The molecule has 0 amide bonds. The van der Waals surface area contributed by atoms with E-state index >= 15 is 0 Å². The summed E-state index contributed by atoms with van der Waals surface area (Å²) in [6, 6.07) is 36.9. The van der Waals surface area contributed by atoms with Crippen molar-refractivity contribution < 1.29 is 4.57 Å². The van der Waals surface area contributed by atoms with Crippen molar-refractivity contribution in [1.29, 1.82) is 0 Å². The third-order valence-electron chi connectivity index (χ3n) is 8.51. The molecule has 0 saturated heterocycles. The first-order valence-corrected chi connectivity index (χ1v) is 14.1. The monoisotopic (exact) mass is 529 g/mol. The number of para-hydroxylation sites is 1. The van der Waals surface area contributed by atoms with Crippen LogP contribution in [-0.4, -0.2) is 14.1 Å². The van der Waals surface area contributed by atoms with Gasteiger partial charge < -0.3 is 4.57 Å². The maximum absolute atomic E-state index is 4.73. The highest BCUT2D eigenvalue weighted by Gasteiger charge is 2.33. The summed E-state index contributed by atoms with van der Waals surface area (Å²) in [6.45, 7) is 2.28. The summed E-state index contributed by atoms with van der Waals surface area (Å²) in [5.74, 6) is 2.25. The van der Waals surface area contributed by atoms with E-state index in [1.54, 1.807) is 0 Å². The zero-order valence-corrected chi connectivity index (χ0v) is 23.1. The van der Waals surface area contributed by atoms with Crippen molar-refractivity contribution in [3.63, 3.8) is 0 Å². The molecule has 41 heavy (non-hydrogen) atoms. The summed E-state index contributed by atoms with van der Waals surface area (Å²) in [5.41, 5.74) is 11.1. The molecule has 0 N–H and O–H groups in total. The summed E-state index contributed by atoms with van der Waals surface area (Å²) in [6.07, 6.45) is 9.22. The van der Waals surface area contributed by atoms with Gasteiger partial charge in [0.2, 0.25) is 0 Å². The topological polar surface area (TPSA) is 26.6 Å². The Balaban J connectivity index is 1.48. The first-order chi connectivity index (χ1) is 20.2. The summed E-state index contributed by atoms with van der Waals surface area (Å²) in [4.78, 5) is 4.73. The molecule has 1 aliphatic rings. The van der Waals surface area contributed by atoms with Crippen LogP contribution in [0.5, 0.6) is 0 Å². The highest BCUT2D eigenvalue weighted by molar-refractivity contribution is 6.00. The summed E-state index contributed by atoms with van der Waals surface area (Å²) in [5, 5.41) is 2.55. The summed E-state index contributed by atoms with van der Waals surface area (Å²) < 4.78 is 6.96. The SMILES string of the molecule is Cc1c(-c2n(-c3c(-c4ccccc4)cccc3-c3ccccc3)cc[n+]2C)c2c(c3ccccc13)-n1ccnc1C2. The molecule has 0 fully saturated rings. The average Bonchev–Trinajstić information content (AvgIpc) is 3.73. The molecule has 5 aromatic carbocycles. The van der Waals surface area contributed by atoms with Crippen molar-refractivity contribution >= 4 is 10.8 Å². The molecule has 0 saturated carbocycles. The fourth-order valence-electron chi connectivity index (χ4n) is 6.69. The molecule has 4 heteroatoms. The maximum Gasteiger partial charge on any atom is 0.294 e. The maximum atomic E-state index is 4.73. The molecule has 0 aliphatic carbocycles. The van der Waals surface area contributed by atoms with Gasteiger partial charge in [-0.2, -0.15) is 4.57 Å². The van der Waals surface area contributed by atoms with Crippen molar-refractivity contribution in [3.8, 4) is 45.0 Å². The van der Waals surface area contributed by atoms with E-state index < -0.39 is 0 Å². The number of nitrogens with zero attached hydrogens (tertiary/aromatic N) is 4. The number of fused-ring (bicyclic) bond motifs is 5. The second-order valence-electron chi connectivity index (χ2n) is 10.8. The second-order valence-corrected chi connectivity index (χ2v) is 10.8. The Morgan fingerprint density at radius 2 is 1.29 bits per heavy atom. The van der Waals surface area contributed by atoms with E-state index in [0.717, 1.165) is 18.1 Å². The van der Waals surface area contributed by atoms with Crippen LogP contribution in [0.2, 0.25) is 0 Å². The van der Waals surface area contributed by atoms with Crippen molar-refractivity contribution in [1.82, 2.24) is 14.1 Å². The standard InChI is InChI=1S/C37H29N4/c1-25-28-16-9-10-17-31(28)36-32(24-33-38-20-21-40(33)36)34(25)37-39(2)22-23-41(37)35-29(26-12-5-3-6-13-26)18-11-19-30(35)27-14-7-4-8-15-27/h3-23H,24H2,1-2H3/q+1. The van der Waals surface area contributed by atoms with Gasteiger partial charge >= 0.3 is 0 Å². The lowest BCUT2D eigenvalue weighted by Gasteiger charge is -2.18. The molecule has 4 nitrogen and oxygen atoms in total. The number of aryl methyl sites for hydroxylation is 2. The molecule has 0 radical (unpaired) electrons. The minimum atomic E-state index is 0.806. The summed E-state index contributed by atoms with van der Waals surface area (Å²) >= 11 is 0. The van der Waals surface area contributed by atoms with Crippen molar-refractivity contribution in [2.75, 3.05) is 0 Å². The van der Waals surface area contributed by atoms with E-state index in [4.69, 9.17) is 4.98 Å². The van der Waals surface area contributed by atoms with Gasteiger partial charge in [-0.3, -0.25) is 0 Å². The lowest BCUT2D eigenvalue weighted by atomic mass is 9.91. The van der Waals surface area contributed by atoms with E-state index in [2.05, 4.69) is 149 Å². The molecule has 0 atom stereocenters. The Morgan fingerprint density at radius 3 is 1.98 bits per heavy atom. The molecule has 0 bridgehead atoms. The first-order valence-electron chi connectivity index (χ1n) is 14.1. The van der Waals surface area contributed by atoms with Crippen LogP contribution in [0.3, 0.4) is 0 Å². The van der Waals surface area contributed by atoms with E-state index in [0.29, 0.717) is 0 Å². The lowest BCUT2D eigenvalue weighted by molar-refractivity contribution is -0.659. The van der Waals surface area contributed by atoms with E-state index in [1.165, 1.54) is 61.1 Å². The fourth-order valence-corrected chi connectivity index (χ4v) is 6.69. The zero-order chi connectivity index (χ0) is 27.5. The minimum Gasteiger partial charge on any atom is -0.303 e. The normalized spacial score (nSPS) is 12.0. The Hall–Kier alpha value is -5.22. The van der Waals surface area contributed by atoms with Crippen LogP contribution in [0.1, 0.15) is 17.0 Å². The predicted octanol–water partition coefficient (Wildman–Crippen LogP) is 7.85. The Morgan fingerprint density at radius 1 is 0.659 bits per heavy atom. The number of hydrogen-bond donors (Lipinski definition) is 0. The van der Waals surface area contributed by atoms with Crippen LogP contribution in [-0.2, 0) is 13.5 Å². The molecule has 2 aromatic heterocycles. The van der Waals surface area contributed by atoms with Crippen molar-refractivity contribution in [2.45, 2.75) is 13.3 Å². The Labute approximate surface area is 239 Å². The largest absolute Gasteiger partial charge is 0.303 e. The highest BCUT2D eigenvalue weighted by atomic mass is 15.1. The number of hydrogen-bond acceptors (Lipinski definition) is 1. The van der Waals surface area contributed by atoms with Gasteiger partial charge in [0.15, 0.2) is 0 Å². The Kier molecular flexibility index (Phi) is 5.29. The number of benzene rings is 5. The third-order valence-corrected chi connectivity index (χ3v) is 8.51. The lowest BCUT2D eigenvalue weighted by Crippen LogP contribution is -2.30. The molecular formula is C37H29N4+. The molecule has 7 aromatic rings. The molecule has 3 heterocycles. The molecule has 1 aliphatic heterocycles. The molecule has 0 unspecified atom stereocenters. The van der Waals surface area contributed by atoms with Gasteiger partial charge in [0.05, 0.1) is 18.3 Å². The van der Waals surface area contributed by atoms with Crippen LogP contribution in [0.15, 0.2) is 128 Å². The van der Waals surface area contributed by atoms with Gasteiger partial charge in [-0.05, 0) is 29.0 Å². The number of imidazole rings is 2. The number of aromatic nitrogens is 4. The van der Waals surface area contributed by atoms with Crippen molar-refractivity contribution in [2.24, 2.45) is 7.05 Å². The van der Waals surface area contributed by atoms with Gasteiger partial charge in [0.25, 0.3) is 5.82 Å². The van der Waals surface area contributed by atoms with Gasteiger partial charge in [-0.25, -0.2) is 9.55 Å². The fraction of sp³-hybridized carbons (Fsp3) is 0.0811. The van der Waals surface area contributed by atoms with Crippen molar-refractivity contribution in [3.05, 3.63) is 145 Å². The highest BCUT2D eigenvalue weighted by Crippen LogP contribution is 2.44. The summed E-state index contributed by atoms with van der Waals surface area (Å²) in [7, 11) is 2.16.